The van der Waals surface area contributed by atoms with Crippen LogP contribution in [0.3, 0.4) is 0 Å². The molecule has 0 saturated heterocycles. The van der Waals surface area contributed by atoms with E-state index < -0.39 is 0 Å². The first kappa shape index (κ1) is 10.9. The molecular formula is C15H13N3S. The predicted octanol–water partition coefficient (Wildman–Crippen LogP) is 3.66. The van der Waals surface area contributed by atoms with Crippen LogP contribution in [0.15, 0.2) is 48.1 Å². The lowest BCUT2D eigenvalue weighted by atomic mass is 10.1. The van der Waals surface area contributed by atoms with Gasteiger partial charge in [-0.3, -0.25) is 0 Å². The Labute approximate surface area is 115 Å². The molecule has 2 unspecified atom stereocenters. The van der Waals surface area contributed by atoms with E-state index in [1.54, 1.807) is 17.7 Å². The first-order chi connectivity index (χ1) is 9.42. The summed E-state index contributed by atoms with van der Waals surface area (Å²) in [5.74, 6) is 1.58. The van der Waals surface area contributed by atoms with Crippen LogP contribution in [0.5, 0.6) is 0 Å². The van der Waals surface area contributed by atoms with Crippen LogP contribution in [0.2, 0.25) is 0 Å². The molecule has 0 radical (unpaired) electrons. The van der Waals surface area contributed by atoms with Crippen molar-refractivity contribution in [1.82, 2.24) is 9.97 Å². The second-order valence-corrected chi connectivity index (χ2v) is 5.76. The first-order valence-corrected chi connectivity index (χ1v) is 7.29. The van der Waals surface area contributed by atoms with Crippen LogP contribution in [-0.2, 0) is 0 Å². The lowest BCUT2D eigenvalue weighted by Crippen LogP contribution is -2.06. The molecule has 0 amide bonds. The lowest BCUT2D eigenvalue weighted by molar-refractivity contribution is 1.03. The molecule has 3 nitrogen and oxygen atoms in total. The van der Waals surface area contributed by atoms with Crippen LogP contribution in [0.4, 0.5) is 5.82 Å². The smallest absolute Gasteiger partial charge is 0.138 e. The van der Waals surface area contributed by atoms with Crippen molar-refractivity contribution in [2.45, 2.75) is 18.4 Å². The van der Waals surface area contributed by atoms with Gasteiger partial charge in [0.2, 0.25) is 0 Å². The van der Waals surface area contributed by atoms with Gasteiger partial charge in [0.25, 0.3) is 0 Å². The molecule has 2 atom stereocenters. The van der Waals surface area contributed by atoms with Crippen molar-refractivity contribution in [3.63, 3.8) is 0 Å². The predicted molar refractivity (Wildman–Crippen MR) is 78.6 cm³/mol. The Morgan fingerprint density at radius 3 is 2.89 bits per heavy atom. The Morgan fingerprint density at radius 2 is 2.00 bits per heavy atom. The minimum Gasteiger partial charge on any atom is -0.366 e. The number of benzene rings is 1. The van der Waals surface area contributed by atoms with Gasteiger partial charge in [-0.25, -0.2) is 9.97 Å². The molecule has 1 aliphatic rings. The third-order valence-corrected chi connectivity index (χ3v) is 4.42. The van der Waals surface area contributed by atoms with Crippen LogP contribution in [-0.4, -0.2) is 16.0 Å². The topological polar surface area (TPSA) is 37.8 Å². The van der Waals surface area contributed by atoms with Gasteiger partial charge < -0.3 is 5.32 Å². The number of nitrogens with zero attached hydrogens (tertiary/aromatic N) is 2. The molecule has 1 N–H and O–H groups in total. The third-order valence-electron chi connectivity index (χ3n) is 3.60. The number of nitrogens with one attached hydrogen (secondary N) is 1. The average molecular weight is 267 g/mol. The van der Waals surface area contributed by atoms with Crippen molar-refractivity contribution >= 4 is 27.4 Å². The molecule has 1 fully saturated rings. The zero-order chi connectivity index (χ0) is 12.7. The van der Waals surface area contributed by atoms with Crippen LogP contribution >= 0.6 is 11.3 Å². The maximum atomic E-state index is 4.37. The molecule has 19 heavy (non-hydrogen) atoms. The molecule has 1 saturated carbocycles. The Balaban J connectivity index is 1.56. The van der Waals surface area contributed by atoms with Crippen molar-refractivity contribution in [1.29, 1.82) is 0 Å². The van der Waals surface area contributed by atoms with Gasteiger partial charge in [0.05, 0.1) is 5.39 Å². The first-order valence-electron chi connectivity index (χ1n) is 6.41. The number of aromatic nitrogens is 2. The molecule has 94 valence electrons. The highest BCUT2D eigenvalue weighted by Crippen LogP contribution is 2.43. The number of rotatable bonds is 3. The van der Waals surface area contributed by atoms with Crippen LogP contribution in [0.25, 0.3) is 10.2 Å². The van der Waals surface area contributed by atoms with E-state index in [-0.39, 0.29) is 0 Å². The summed E-state index contributed by atoms with van der Waals surface area (Å²) >= 11 is 1.66. The standard InChI is InChI=1S/C15H13N3S/c1-2-4-10(5-3-1)12-8-13(12)18-14-11-6-7-19-15(11)17-9-16-14/h1-7,9,12-13H,8H2,(H,16,17,18). The number of hydrogen-bond donors (Lipinski definition) is 1. The second kappa shape index (κ2) is 4.31. The molecule has 2 aromatic heterocycles. The van der Waals surface area contributed by atoms with Gasteiger partial charge >= 0.3 is 0 Å². The molecule has 2 heterocycles. The Kier molecular flexibility index (Phi) is 2.48. The summed E-state index contributed by atoms with van der Waals surface area (Å²) in [6.45, 7) is 0. The fourth-order valence-electron chi connectivity index (χ4n) is 2.50. The van der Waals surface area contributed by atoms with Gasteiger partial charge in [-0.2, -0.15) is 0 Å². The molecule has 0 aliphatic heterocycles. The quantitative estimate of drug-likeness (QED) is 0.787. The summed E-state index contributed by atoms with van der Waals surface area (Å²) in [7, 11) is 0. The molecule has 4 heteroatoms. The zero-order valence-electron chi connectivity index (χ0n) is 10.3. The van der Waals surface area contributed by atoms with Crippen molar-refractivity contribution in [3.05, 3.63) is 53.7 Å². The molecule has 0 bridgehead atoms. The van der Waals surface area contributed by atoms with Crippen molar-refractivity contribution < 1.29 is 0 Å². The van der Waals surface area contributed by atoms with E-state index in [1.807, 2.05) is 0 Å². The van der Waals surface area contributed by atoms with Gasteiger partial charge in [0.1, 0.15) is 17.0 Å². The van der Waals surface area contributed by atoms with Gasteiger partial charge in [0, 0.05) is 12.0 Å². The highest BCUT2D eigenvalue weighted by atomic mass is 32.1. The van der Waals surface area contributed by atoms with E-state index in [9.17, 15) is 0 Å². The van der Waals surface area contributed by atoms with Crippen molar-refractivity contribution in [3.8, 4) is 0 Å². The van der Waals surface area contributed by atoms with Crippen LogP contribution < -0.4 is 5.32 Å². The highest BCUT2D eigenvalue weighted by Gasteiger charge is 2.38. The fourth-order valence-corrected chi connectivity index (χ4v) is 3.24. The van der Waals surface area contributed by atoms with E-state index in [0.717, 1.165) is 16.0 Å². The van der Waals surface area contributed by atoms with Gasteiger partial charge in [-0.05, 0) is 23.4 Å². The normalized spacial score (nSPS) is 21.5. The highest BCUT2D eigenvalue weighted by molar-refractivity contribution is 7.16. The van der Waals surface area contributed by atoms with E-state index in [1.165, 1.54) is 12.0 Å². The van der Waals surface area contributed by atoms with Crippen LogP contribution in [0.1, 0.15) is 17.9 Å². The third kappa shape index (κ3) is 1.98. The summed E-state index contributed by atoms with van der Waals surface area (Å²) in [5.41, 5.74) is 1.41. The summed E-state index contributed by atoms with van der Waals surface area (Å²) in [4.78, 5) is 9.70. The van der Waals surface area contributed by atoms with E-state index in [4.69, 9.17) is 0 Å². The maximum absolute atomic E-state index is 4.37. The fraction of sp³-hybridized carbons (Fsp3) is 0.200. The second-order valence-electron chi connectivity index (χ2n) is 4.87. The largest absolute Gasteiger partial charge is 0.366 e. The van der Waals surface area contributed by atoms with Gasteiger partial charge in [0.15, 0.2) is 0 Å². The number of hydrogen-bond acceptors (Lipinski definition) is 4. The number of anilines is 1. The van der Waals surface area contributed by atoms with Gasteiger partial charge in [-0.15, -0.1) is 11.3 Å². The SMILES string of the molecule is c1ccc(C2CC2Nc2ncnc3sccc23)cc1. The summed E-state index contributed by atoms with van der Waals surface area (Å²) in [6.07, 6.45) is 2.82. The minimum absolute atomic E-state index is 0.500. The molecule has 1 aliphatic carbocycles. The maximum Gasteiger partial charge on any atom is 0.138 e. The molecular weight excluding hydrogens is 254 g/mol. The van der Waals surface area contributed by atoms with E-state index in [0.29, 0.717) is 12.0 Å². The van der Waals surface area contributed by atoms with Crippen LogP contribution in [0, 0.1) is 0 Å². The molecule has 3 aromatic rings. The van der Waals surface area contributed by atoms with E-state index in [2.05, 4.69) is 57.1 Å². The summed E-state index contributed by atoms with van der Waals surface area (Å²) < 4.78 is 0. The Bertz CT molecular complexity index is 707. The molecule has 0 spiro atoms. The number of thiophene rings is 1. The van der Waals surface area contributed by atoms with E-state index >= 15 is 0 Å². The molecule has 4 rings (SSSR count). The molecule has 1 aromatic carbocycles. The zero-order valence-corrected chi connectivity index (χ0v) is 11.1. The Morgan fingerprint density at radius 1 is 1.11 bits per heavy atom. The summed E-state index contributed by atoms with van der Waals surface area (Å²) in [5, 5.41) is 6.74. The monoisotopic (exact) mass is 267 g/mol. The summed E-state index contributed by atoms with van der Waals surface area (Å²) in [6, 6.07) is 13.3. The Hall–Kier alpha value is -1.94. The average Bonchev–Trinajstić information content (AvgIpc) is 3.05. The van der Waals surface area contributed by atoms with Crippen molar-refractivity contribution in [2.24, 2.45) is 0 Å². The van der Waals surface area contributed by atoms with Crippen molar-refractivity contribution in [2.75, 3.05) is 5.32 Å². The van der Waals surface area contributed by atoms with Gasteiger partial charge in [-0.1, -0.05) is 30.3 Å². The minimum atomic E-state index is 0.500. The lowest BCUT2D eigenvalue weighted by Gasteiger charge is -2.06. The number of fused-ring (bicyclic) bond motifs is 1.